The maximum Gasteiger partial charge on any atom is 0.237 e. The maximum atomic E-state index is 13.4. The number of thiophene rings is 1. The Labute approximate surface area is 191 Å². The largest absolute Gasteiger partial charge is 0.506 e. The molecule has 31 heavy (non-hydrogen) atoms. The van der Waals surface area contributed by atoms with Crippen LogP contribution in [0.15, 0.2) is 52.9 Å². The van der Waals surface area contributed by atoms with Crippen LogP contribution in [-0.2, 0) is 4.79 Å². The van der Waals surface area contributed by atoms with Crippen molar-refractivity contribution in [2.45, 2.75) is 24.1 Å². The number of rotatable bonds is 5. The van der Waals surface area contributed by atoms with Gasteiger partial charge in [-0.25, -0.2) is 14.4 Å². The van der Waals surface area contributed by atoms with Crippen molar-refractivity contribution < 1.29 is 14.3 Å². The molecule has 1 unspecified atom stereocenters. The Morgan fingerprint density at radius 1 is 1.23 bits per heavy atom. The summed E-state index contributed by atoms with van der Waals surface area (Å²) < 4.78 is 13.4. The van der Waals surface area contributed by atoms with E-state index >= 15 is 0 Å². The van der Waals surface area contributed by atoms with Gasteiger partial charge < -0.3 is 10.4 Å². The van der Waals surface area contributed by atoms with E-state index in [9.17, 15) is 14.3 Å². The maximum absolute atomic E-state index is 13.4. The van der Waals surface area contributed by atoms with E-state index in [1.165, 1.54) is 47.4 Å². The zero-order chi connectivity index (χ0) is 22.1. The fourth-order valence-electron chi connectivity index (χ4n) is 3.00. The van der Waals surface area contributed by atoms with Crippen LogP contribution < -0.4 is 5.32 Å². The topological polar surface area (TPSA) is 75.1 Å². The lowest BCUT2D eigenvalue weighted by Crippen LogP contribution is -2.22. The van der Waals surface area contributed by atoms with E-state index in [1.54, 1.807) is 32.0 Å². The van der Waals surface area contributed by atoms with Gasteiger partial charge in [0.25, 0.3) is 0 Å². The molecule has 0 fully saturated rings. The van der Waals surface area contributed by atoms with Gasteiger partial charge >= 0.3 is 0 Å². The van der Waals surface area contributed by atoms with Crippen molar-refractivity contribution in [2.75, 3.05) is 5.32 Å². The van der Waals surface area contributed by atoms with Crippen molar-refractivity contribution in [3.05, 3.63) is 64.5 Å². The third-order valence-electron chi connectivity index (χ3n) is 4.54. The highest BCUT2D eigenvalue weighted by Crippen LogP contribution is 2.39. The molecule has 1 atom stereocenters. The Morgan fingerprint density at radius 3 is 2.71 bits per heavy atom. The summed E-state index contributed by atoms with van der Waals surface area (Å²) >= 11 is 8.73. The molecule has 4 rings (SSSR count). The van der Waals surface area contributed by atoms with Gasteiger partial charge in [-0.15, -0.1) is 11.3 Å². The summed E-state index contributed by atoms with van der Waals surface area (Å²) in [5.74, 6) is -0.0701. The molecule has 0 spiro atoms. The molecule has 0 aliphatic carbocycles. The molecular weight excluding hydrogens is 457 g/mol. The molecule has 2 aromatic heterocycles. The molecule has 0 bridgehead atoms. The van der Waals surface area contributed by atoms with Gasteiger partial charge in [0.05, 0.1) is 16.3 Å². The fraction of sp³-hybridized carbons (Fsp3) is 0.136. The highest BCUT2D eigenvalue weighted by Gasteiger charge is 2.21. The van der Waals surface area contributed by atoms with Crippen LogP contribution in [0.3, 0.4) is 0 Å². The number of aromatic nitrogens is 2. The summed E-state index contributed by atoms with van der Waals surface area (Å²) in [6.07, 6.45) is 0. The van der Waals surface area contributed by atoms with Gasteiger partial charge in [0.2, 0.25) is 5.91 Å². The lowest BCUT2D eigenvalue weighted by molar-refractivity contribution is -0.115. The summed E-state index contributed by atoms with van der Waals surface area (Å²) in [6.45, 7) is 3.56. The van der Waals surface area contributed by atoms with Gasteiger partial charge in [-0.05, 0) is 49.7 Å². The van der Waals surface area contributed by atoms with Crippen LogP contribution in [0.1, 0.15) is 12.7 Å². The van der Waals surface area contributed by atoms with Gasteiger partial charge in [-0.3, -0.25) is 4.79 Å². The molecule has 0 saturated heterocycles. The second-order valence-electron chi connectivity index (χ2n) is 6.82. The first-order valence-corrected chi connectivity index (χ1v) is 11.4. The minimum atomic E-state index is -0.517. The molecule has 0 aliphatic rings. The molecule has 0 saturated carbocycles. The Kier molecular flexibility index (Phi) is 6.13. The molecule has 0 radical (unpaired) electrons. The third-order valence-corrected chi connectivity index (χ3v) is 6.74. The number of hydrogen-bond donors (Lipinski definition) is 2. The van der Waals surface area contributed by atoms with E-state index < -0.39 is 5.25 Å². The van der Waals surface area contributed by atoms with Crippen LogP contribution in [0.4, 0.5) is 10.1 Å². The number of anilines is 1. The number of thioether (sulfide) groups is 1. The molecule has 0 aliphatic heterocycles. The highest BCUT2D eigenvalue weighted by molar-refractivity contribution is 8.00. The minimum absolute atomic E-state index is 0.0633. The van der Waals surface area contributed by atoms with Crippen molar-refractivity contribution in [3.63, 3.8) is 0 Å². The first-order valence-electron chi connectivity index (χ1n) is 9.29. The average molecular weight is 474 g/mol. The quantitative estimate of drug-likeness (QED) is 0.202. The van der Waals surface area contributed by atoms with Gasteiger partial charge in [-0.2, -0.15) is 0 Å². The molecule has 5 nitrogen and oxygen atoms in total. The zero-order valence-corrected chi connectivity index (χ0v) is 18.9. The van der Waals surface area contributed by atoms with E-state index in [0.29, 0.717) is 15.9 Å². The summed E-state index contributed by atoms with van der Waals surface area (Å²) in [7, 11) is 0. The van der Waals surface area contributed by atoms with E-state index in [4.69, 9.17) is 11.6 Å². The smallest absolute Gasteiger partial charge is 0.237 e. The number of amides is 1. The second-order valence-corrected chi connectivity index (χ2v) is 9.45. The number of hydrogen-bond acceptors (Lipinski definition) is 6. The predicted molar refractivity (Wildman–Crippen MR) is 125 cm³/mol. The molecule has 9 heteroatoms. The van der Waals surface area contributed by atoms with E-state index in [1.807, 2.05) is 5.38 Å². The summed E-state index contributed by atoms with van der Waals surface area (Å²) in [6, 6.07) is 10.7. The summed E-state index contributed by atoms with van der Waals surface area (Å²) in [4.78, 5) is 22.6. The molecule has 158 valence electrons. The monoisotopic (exact) mass is 473 g/mol. The summed E-state index contributed by atoms with van der Waals surface area (Å²) in [5, 5.41) is 16.0. The lowest BCUT2D eigenvalue weighted by atomic mass is 10.1. The number of nitrogens with one attached hydrogen (secondary N) is 1. The molecule has 2 heterocycles. The number of carbonyl (C=O) groups excluding carboxylic acids is 1. The van der Waals surface area contributed by atoms with Crippen LogP contribution in [-0.4, -0.2) is 26.2 Å². The average Bonchev–Trinajstić information content (AvgIpc) is 3.15. The molecule has 2 aromatic carbocycles. The van der Waals surface area contributed by atoms with Crippen LogP contribution in [0, 0.1) is 12.7 Å². The van der Waals surface area contributed by atoms with Crippen molar-refractivity contribution in [2.24, 2.45) is 0 Å². The number of benzene rings is 2. The first kappa shape index (κ1) is 21.5. The van der Waals surface area contributed by atoms with Crippen LogP contribution in [0.25, 0.3) is 21.3 Å². The number of fused-ring (bicyclic) bond motifs is 1. The Hall–Kier alpha value is -2.68. The van der Waals surface area contributed by atoms with Crippen molar-refractivity contribution in [1.82, 2.24) is 9.97 Å². The van der Waals surface area contributed by atoms with Crippen LogP contribution in [0.5, 0.6) is 5.75 Å². The normalized spacial score (nSPS) is 12.1. The van der Waals surface area contributed by atoms with Gasteiger partial charge in [-0.1, -0.05) is 35.5 Å². The SMILES string of the molecule is Cc1nc(SC(C)C(=O)Nc2cc(Cl)ccc2O)c2c(-c3ccc(F)cc3)csc2n1. The van der Waals surface area contributed by atoms with Crippen LogP contribution >= 0.6 is 34.7 Å². The van der Waals surface area contributed by atoms with Crippen molar-refractivity contribution >= 4 is 56.5 Å². The molecular formula is C22H17ClFN3O2S2. The Morgan fingerprint density at radius 2 is 1.97 bits per heavy atom. The first-order chi connectivity index (χ1) is 14.8. The standard InChI is InChI=1S/C22H17ClFN3O2S2/c1-11(20(29)27-17-9-14(23)5-8-18(17)28)31-22-19-16(13-3-6-15(24)7-4-13)10-30-21(19)25-12(2)26-22/h3-11,28H,1-2H3,(H,27,29). The van der Waals surface area contributed by atoms with Gasteiger partial charge in [0.15, 0.2) is 0 Å². The van der Waals surface area contributed by atoms with E-state index in [-0.39, 0.29) is 23.2 Å². The number of halogens is 2. The lowest BCUT2D eigenvalue weighted by Gasteiger charge is -2.14. The number of phenolic OH excluding ortho intramolecular Hbond substituents is 1. The number of aromatic hydroxyl groups is 1. The Bertz CT molecular complexity index is 1280. The number of aryl methyl sites for hydroxylation is 1. The van der Waals surface area contributed by atoms with Crippen LogP contribution in [0.2, 0.25) is 5.02 Å². The van der Waals surface area contributed by atoms with E-state index in [0.717, 1.165) is 21.3 Å². The highest BCUT2D eigenvalue weighted by atomic mass is 35.5. The molecule has 1 amide bonds. The number of phenols is 1. The van der Waals surface area contributed by atoms with Crippen molar-refractivity contribution in [1.29, 1.82) is 0 Å². The molecule has 2 N–H and O–H groups in total. The van der Waals surface area contributed by atoms with Gasteiger partial charge in [0, 0.05) is 16.0 Å². The second kappa shape index (κ2) is 8.82. The molecule has 4 aromatic rings. The third kappa shape index (κ3) is 4.66. The zero-order valence-electron chi connectivity index (χ0n) is 16.5. The van der Waals surface area contributed by atoms with Crippen molar-refractivity contribution in [3.8, 4) is 16.9 Å². The van der Waals surface area contributed by atoms with E-state index in [2.05, 4.69) is 15.3 Å². The number of carbonyl (C=O) groups is 1. The van der Waals surface area contributed by atoms with Gasteiger partial charge in [0.1, 0.15) is 27.2 Å². The summed E-state index contributed by atoms with van der Waals surface area (Å²) in [5.41, 5.74) is 1.99. The fourth-order valence-corrected chi connectivity index (χ4v) is 5.24. The predicted octanol–water partition coefficient (Wildman–Crippen LogP) is 6.28. The minimum Gasteiger partial charge on any atom is -0.506 e. The number of nitrogens with zero attached hydrogens (tertiary/aromatic N) is 2. The Balaban J connectivity index is 1.65.